The van der Waals surface area contributed by atoms with Crippen molar-refractivity contribution in [1.82, 2.24) is 14.8 Å². The molecule has 0 aliphatic carbocycles. The molecule has 2 N–H and O–H groups in total. The van der Waals surface area contributed by atoms with E-state index in [4.69, 9.17) is 5.73 Å². The Morgan fingerprint density at radius 3 is 2.31 bits per heavy atom. The number of rotatable bonds is 6. The maximum Gasteiger partial charge on any atom is 0.196 e. The Morgan fingerprint density at radius 2 is 1.62 bits per heavy atom. The van der Waals surface area contributed by atoms with Gasteiger partial charge in [0.1, 0.15) is 5.82 Å². The van der Waals surface area contributed by atoms with E-state index in [0.717, 1.165) is 11.3 Å². The third-order valence-electron chi connectivity index (χ3n) is 4.32. The third kappa shape index (κ3) is 4.20. The summed E-state index contributed by atoms with van der Waals surface area (Å²) >= 11 is 1.29. The van der Waals surface area contributed by atoms with Crippen LogP contribution in [0.2, 0.25) is 0 Å². The first-order valence-corrected chi connectivity index (χ1v) is 9.89. The molecule has 5 nitrogen and oxygen atoms in total. The minimum Gasteiger partial charge on any atom is -0.399 e. The van der Waals surface area contributed by atoms with Crippen molar-refractivity contribution < 1.29 is 9.18 Å². The molecule has 0 aliphatic rings. The lowest BCUT2D eigenvalue weighted by molar-refractivity contribution is 0.102. The van der Waals surface area contributed by atoms with Gasteiger partial charge in [0.05, 0.1) is 5.75 Å². The third-order valence-corrected chi connectivity index (χ3v) is 5.24. The first-order chi connectivity index (χ1) is 14.1. The van der Waals surface area contributed by atoms with Crippen molar-refractivity contribution in [3.05, 3.63) is 90.2 Å². The maximum absolute atomic E-state index is 13.1. The van der Waals surface area contributed by atoms with Crippen molar-refractivity contribution in [1.29, 1.82) is 0 Å². The zero-order chi connectivity index (χ0) is 20.2. The number of nitrogens with zero attached hydrogens (tertiary/aromatic N) is 3. The van der Waals surface area contributed by atoms with E-state index in [2.05, 4.69) is 10.2 Å². The summed E-state index contributed by atoms with van der Waals surface area (Å²) in [6.45, 7) is 0. The number of nitrogens with two attached hydrogens (primary N) is 1. The fourth-order valence-electron chi connectivity index (χ4n) is 2.84. The van der Waals surface area contributed by atoms with Crippen LogP contribution in [-0.2, 0) is 0 Å². The monoisotopic (exact) mass is 404 g/mol. The number of carbonyl (C=O) groups is 1. The van der Waals surface area contributed by atoms with Crippen LogP contribution in [0.4, 0.5) is 10.1 Å². The number of benzene rings is 3. The minimum atomic E-state index is -0.369. The molecule has 1 aromatic heterocycles. The highest BCUT2D eigenvalue weighted by Gasteiger charge is 2.17. The Kier molecular flexibility index (Phi) is 5.39. The van der Waals surface area contributed by atoms with Gasteiger partial charge in [0.2, 0.25) is 0 Å². The molecule has 0 unspecified atom stereocenters. The van der Waals surface area contributed by atoms with Gasteiger partial charge in [-0.3, -0.25) is 9.36 Å². The molecule has 7 heteroatoms. The molecule has 0 aliphatic heterocycles. The average Bonchev–Trinajstić information content (AvgIpc) is 3.17. The van der Waals surface area contributed by atoms with E-state index in [0.29, 0.717) is 22.2 Å². The number of para-hydroxylation sites is 1. The van der Waals surface area contributed by atoms with Crippen LogP contribution < -0.4 is 5.73 Å². The quantitative estimate of drug-likeness (QED) is 0.288. The lowest BCUT2D eigenvalue weighted by Gasteiger charge is -2.10. The van der Waals surface area contributed by atoms with Crippen molar-refractivity contribution in [2.24, 2.45) is 0 Å². The fraction of sp³-hybridized carbons (Fsp3) is 0.0455. The molecule has 4 aromatic rings. The summed E-state index contributed by atoms with van der Waals surface area (Å²) in [5, 5.41) is 9.24. The van der Waals surface area contributed by atoms with Gasteiger partial charge in [-0.1, -0.05) is 30.0 Å². The van der Waals surface area contributed by atoms with Crippen LogP contribution in [0.5, 0.6) is 0 Å². The second-order valence-electron chi connectivity index (χ2n) is 6.32. The van der Waals surface area contributed by atoms with Crippen molar-refractivity contribution >= 4 is 23.2 Å². The number of hydrogen-bond acceptors (Lipinski definition) is 5. The molecule has 3 aromatic carbocycles. The predicted molar refractivity (Wildman–Crippen MR) is 113 cm³/mol. The summed E-state index contributed by atoms with van der Waals surface area (Å²) in [7, 11) is 0. The highest BCUT2D eigenvalue weighted by Crippen LogP contribution is 2.28. The van der Waals surface area contributed by atoms with Crippen LogP contribution in [0.15, 0.2) is 84.0 Å². The Labute approximate surface area is 171 Å². The van der Waals surface area contributed by atoms with Crippen molar-refractivity contribution in [2.45, 2.75) is 5.16 Å². The van der Waals surface area contributed by atoms with Crippen LogP contribution in [0, 0.1) is 5.82 Å². The van der Waals surface area contributed by atoms with Crippen LogP contribution in [0.1, 0.15) is 10.4 Å². The molecule has 144 valence electrons. The molecular formula is C22H17FN4OS. The molecule has 1 heterocycles. The zero-order valence-corrected chi connectivity index (χ0v) is 16.1. The summed E-state index contributed by atoms with van der Waals surface area (Å²) < 4.78 is 15.0. The van der Waals surface area contributed by atoms with Crippen LogP contribution >= 0.6 is 11.8 Å². The molecule has 0 fully saturated rings. The zero-order valence-electron chi connectivity index (χ0n) is 15.3. The van der Waals surface area contributed by atoms with Gasteiger partial charge in [-0.05, 0) is 60.7 Å². The predicted octanol–water partition coefficient (Wildman–Crippen LogP) is 4.63. The van der Waals surface area contributed by atoms with Crippen LogP contribution in [-0.4, -0.2) is 26.3 Å². The number of aromatic nitrogens is 3. The number of halogens is 1. The van der Waals surface area contributed by atoms with Crippen molar-refractivity contribution in [2.75, 3.05) is 11.5 Å². The van der Waals surface area contributed by atoms with Gasteiger partial charge in [-0.2, -0.15) is 0 Å². The summed E-state index contributed by atoms with van der Waals surface area (Å²) in [6, 6.07) is 22.6. The first kappa shape index (κ1) is 18.9. The average molecular weight is 404 g/mol. The number of thioether (sulfide) groups is 1. The van der Waals surface area contributed by atoms with Crippen molar-refractivity contribution in [3.63, 3.8) is 0 Å². The molecule has 0 amide bonds. The lowest BCUT2D eigenvalue weighted by Crippen LogP contribution is -2.05. The first-order valence-electron chi connectivity index (χ1n) is 8.90. The molecule has 0 bridgehead atoms. The Morgan fingerprint density at radius 1 is 0.931 bits per heavy atom. The van der Waals surface area contributed by atoms with Gasteiger partial charge < -0.3 is 5.73 Å². The molecule has 0 spiro atoms. The van der Waals surface area contributed by atoms with Crippen LogP contribution in [0.3, 0.4) is 0 Å². The lowest BCUT2D eigenvalue weighted by atomic mass is 10.1. The van der Waals surface area contributed by atoms with E-state index in [-0.39, 0.29) is 17.4 Å². The number of nitrogen functional groups attached to an aromatic ring is 1. The van der Waals surface area contributed by atoms with E-state index >= 15 is 0 Å². The maximum atomic E-state index is 13.1. The van der Waals surface area contributed by atoms with Gasteiger partial charge in [-0.15, -0.1) is 10.2 Å². The topological polar surface area (TPSA) is 73.8 Å². The molecular weight excluding hydrogens is 387 g/mol. The van der Waals surface area contributed by atoms with Gasteiger partial charge in [0, 0.05) is 22.5 Å². The smallest absolute Gasteiger partial charge is 0.196 e. The van der Waals surface area contributed by atoms with Gasteiger partial charge in [-0.25, -0.2) is 4.39 Å². The number of anilines is 1. The second-order valence-corrected chi connectivity index (χ2v) is 7.26. The molecule has 0 atom stereocenters. The fourth-order valence-corrected chi connectivity index (χ4v) is 3.69. The van der Waals surface area contributed by atoms with Gasteiger partial charge in [0.25, 0.3) is 0 Å². The summed E-state index contributed by atoms with van der Waals surface area (Å²) in [4.78, 5) is 12.5. The number of carbonyl (C=O) groups excluding carboxylic acids is 1. The Hall–Kier alpha value is -3.45. The molecule has 29 heavy (non-hydrogen) atoms. The standard InChI is InChI=1S/C22H17FN4OS/c23-17-10-6-15(7-11-17)20(28)14-29-22-26-25-21(16-8-12-18(24)13-9-16)27(22)19-4-2-1-3-5-19/h1-13H,14,24H2. The second kappa shape index (κ2) is 8.28. The van der Waals surface area contributed by atoms with Gasteiger partial charge >= 0.3 is 0 Å². The minimum absolute atomic E-state index is 0.105. The number of Topliss-reactive ketones (excluding diaryl/α,β-unsaturated/α-hetero) is 1. The van der Waals surface area contributed by atoms with Crippen LogP contribution in [0.25, 0.3) is 17.1 Å². The Balaban J connectivity index is 1.65. The summed E-state index contributed by atoms with van der Waals surface area (Å²) in [6.07, 6.45) is 0. The number of ketones is 1. The highest BCUT2D eigenvalue weighted by atomic mass is 32.2. The van der Waals surface area contributed by atoms with E-state index in [1.165, 1.54) is 36.0 Å². The van der Waals surface area contributed by atoms with E-state index in [1.54, 1.807) is 0 Å². The Bertz CT molecular complexity index is 1130. The number of hydrogen-bond donors (Lipinski definition) is 1. The van der Waals surface area contributed by atoms with E-state index < -0.39 is 0 Å². The summed E-state index contributed by atoms with van der Waals surface area (Å²) in [5.41, 5.74) is 8.68. The molecule has 4 rings (SSSR count). The van der Waals surface area contributed by atoms with E-state index in [9.17, 15) is 9.18 Å². The largest absolute Gasteiger partial charge is 0.399 e. The molecule has 0 saturated heterocycles. The highest BCUT2D eigenvalue weighted by molar-refractivity contribution is 7.99. The van der Waals surface area contributed by atoms with E-state index in [1.807, 2.05) is 59.2 Å². The normalized spacial score (nSPS) is 10.8. The SMILES string of the molecule is Nc1ccc(-c2nnc(SCC(=O)c3ccc(F)cc3)n2-c2ccccc2)cc1. The van der Waals surface area contributed by atoms with Crippen molar-refractivity contribution in [3.8, 4) is 17.1 Å². The van der Waals surface area contributed by atoms with Gasteiger partial charge in [0.15, 0.2) is 16.8 Å². The summed E-state index contributed by atoms with van der Waals surface area (Å²) in [5.74, 6) is 0.351. The molecule has 0 radical (unpaired) electrons. The molecule has 0 saturated carbocycles.